The number of alkyl halides is 1. The first kappa shape index (κ1) is 21.5. The van der Waals surface area contributed by atoms with E-state index in [-0.39, 0.29) is 12.6 Å². The van der Waals surface area contributed by atoms with E-state index in [1.807, 2.05) is 0 Å². The van der Waals surface area contributed by atoms with Gasteiger partial charge in [0.1, 0.15) is 6.67 Å². The lowest BCUT2D eigenvalue weighted by molar-refractivity contribution is 0.176. The van der Waals surface area contributed by atoms with Gasteiger partial charge in [0.05, 0.1) is 41.0 Å². The Morgan fingerprint density at radius 3 is 2.86 bits per heavy atom. The number of fused-ring (bicyclic) bond motifs is 1. The van der Waals surface area contributed by atoms with E-state index in [1.54, 1.807) is 36.2 Å². The van der Waals surface area contributed by atoms with Gasteiger partial charge in [0.25, 0.3) is 0 Å². The minimum Gasteiger partial charge on any atom is -0.394 e. The molecule has 1 aromatic heterocycles. The number of aromatic nitrogens is 2. The van der Waals surface area contributed by atoms with Crippen molar-refractivity contribution < 1.29 is 14.3 Å². The lowest BCUT2D eigenvalue weighted by atomic mass is 10.1. The van der Waals surface area contributed by atoms with Crippen LogP contribution in [0.2, 0.25) is 10.0 Å². The highest BCUT2D eigenvalue weighted by molar-refractivity contribution is 6.42. The van der Waals surface area contributed by atoms with E-state index in [0.29, 0.717) is 46.8 Å². The van der Waals surface area contributed by atoms with Gasteiger partial charge in [-0.1, -0.05) is 29.3 Å². The molecule has 29 heavy (non-hydrogen) atoms. The fourth-order valence-electron chi connectivity index (χ4n) is 3.01. The van der Waals surface area contributed by atoms with Crippen LogP contribution in [0, 0.1) is 0 Å². The molecule has 0 saturated heterocycles. The second-order valence-corrected chi connectivity index (χ2v) is 7.71. The molecule has 0 aliphatic carbocycles. The predicted octanol–water partition coefficient (Wildman–Crippen LogP) is 3.35. The van der Waals surface area contributed by atoms with E-state index < -0.39 is 18.8 Å². The first-order chi connectivity index (χ1) is 13.9. The maximum atomic E-state index is 12.7. The van der Waals surface area contributed by atoms with Gasteiger partial charge in [-0.2, -0.15) is 0 Å². The van der Waals surface area contributed by atoms with Crippen molar-refractivity contribution in [3.8, 4) is 0 Å². The molecule has 3 rings (SSSR count). The minimum atomic E-state index is -0.619. The number of nitrogens with zero attached hydrogens (tertiary/aromatic N) is 3. The number of aliphatic hydroxyl groups is 1. The molecule has 156 valence electrons. The number of halogens is 3. The Morgan fingerprint density at radius 1 is 1.38 bits per heavy atom. The third-order valence-corrected chi connectivity index (χ3v) is 5.41. The Morgan fingerprint density at radius 2 is 2.17 bits per heavy atom. The molecule has 0 radical (unpaired) electrons. The Bertz CT molecular complexity index is 886. The molecule has 7 nitrogen and oxygen atoms in total. The molecule has 2 unspecified atom stereocenters. The summed E-state index contributed by atoms with van der Waals surface area (Å²) in [5.74, 6) is 0.334. The van der Waals surface area contributed by atoms with Crippen LogP contribution in [0.25, 0.3) is 0 Å². The summed E-state index contributed by atoms with van der Waals surface area (Å²) in [6.45, 7) is 1.66. The topological polar surface area (TPSA) is 90.4 Å². The lowest BCUT2D eigenvalue weighted by Crippen LogP contribution is -2.45. The van der Waals surface area contributed by atoms with Crippen LogP contribution in [-0.4, -0.2) is 51.9 Å². The molecule has 0 bridgehead atoms. The quantitative estimate of drug-likeness (QED) is 0.639. The molecule has 2 amide bonds. The Hall–Kier alpha value is -2.16. The highest BCUT2D eigenvalue weighted by Gasteiger charge is 2.25. The van der Waals surface area contributed by atoms with Crippen LogP contribution in [0.3, 0.4) is 0 Å². The molecule has 2 aromatic rings. The number of nitrogens with one attached hydrogen (secondary N) is 2. The fraction of sp³-hybridized carbons (Fsp3) is 0.421. The van der Waals surface area contributed by atoms with Crippen molar-refractivity contribution >= 4 is 35.2 Å². The van der Waals surface area contributed by atoms with Crippen molar-refractivity contribution in [3.63, 3.8) is 0 Å². The molecule has 2 heterocycles. The van der Waals surface area contributed by atoms with Crippen molar-refractivity contribution in [1.82, 2.24) is 20.2 Å². The molecule has 1 aliphatic heterocycles. The van der Waals surface area contributed by atoms with Gasteiger partial charge in [0, 0.05) is 12.7 Å². The van der Waals surface area contributed by atoms with Gasteiger partial charge in [-0.25, -0.2) is 19.2 Å². The standard InChI is InChI=1S/C19H22Cl2FN5O2/c1-11(7-22)24-18-23-8-13-4-5-27(9-16(13)25-18)19(29)26-17(10-28)12-2-3-14(20)15(21)6-12/h2-3,6,8,11,17,28H,4-5,7,9-10H2,1H3,(H,26,29)(H,23,24,25). The number of hydrogen-bond acceptors (Lipinski definition) is 5. The molecule has 1 aliphatic rings. The van der Waals surface area contributed by atoms with Crippen molar-refractivity contribution in [1.29, 1.82) is 0 Å². The number of amides is 2. The molecule has 0 fully saturated rings. The summed E-state index contributed by atoms with van der Waals surface area (Å²) in [5, 5.41) is 16.2. The number of rotatable bonds is 6. The Kier molecular flexibility index (Phi) is 7.10. The van der Waals surface area contributed by atoms with Crippen LogP contribution in [0.15, 0.2) is 24.4 Å². The second kappa shape index (κ2) is 9.56. The van der Waals surface area contributed by atoms with Crippen LogP contribution < -0.4 is 10.6 Å². The van der Waals surface area contributed by atoms with Gasteiger partial charge in [-0.3, -0.25) is 0 Å². The average molecular weight is 442 g/mol. The van der Waals surface area contributed by atoms with Crippen LogP contribution in [-0.2, 0) is 13.0 Å². The zero-order valence-electron chi connectivity index (χ0n) is 15.8. The van der Waals surface area contributed by atoms with Crippen LogP contribution in [0.1, 0.15) is 29.8 Å². The van der Waals surface area contributed by atoms with E-state index in [1.165, 1.54) is 0 Å². The Balaban J connectivity index is 1.69. The molecular formula is C19H22Cl2FN5O2. The monoisotopic (exact) mass is 441 g/mol. The highest BCUT2D eigenvalue weighted by Crippen LogP contribution is 2.26. The molecule has 1 aromatic carbocycles. The SMILES string of the molecule is CC(CF)Nc1ncc2c(n1)CN(C(=O)NC(CO)c1ccc(Cl)c(Cl)c1)CC2. The zero-order valence-corrected chi connectivity index (χ0v) is 17.3. The number of urea groups is 1. The smallest absolute Gasteiger partial charge is 0.318 e. The number of anilines is 1. The van der Waals surface area contributed by atoms with Gasteiger partial charge < -0.3 is 20.6 Å². The van der Waals surface area contributed by atoms with Gasteiger partial charge in [0.15, 0.2) is 0 Å². The summed E-state index contributed by atoms with van der Waals surface area (Å²) < 4.78 is 12.7. The van der Waals surface area contributed by atoms with E-state index >= 15 is 0 Å². The van der Waals surface area contributed by atoms with Gasteiger partial charge >= 0.3 is 6.03 Å². The normalized spacial score (nSPS) is 15.4. The summed E-state index contributed by atoms with van der Waals surface area (Å²) in [7, 11) is 0. The molecule has 3 N–H and O–H groups in total. The predicted molar refractivity (Wildman–Crippen MR) is 110 cm³/mol. The van der Waals surface area contributed by atoms with Gasteiger partial charge in [-0.15, -0.1) is 0 Å². The lowest BCUT2D eigenvalue weighted by Gasteiger charge is -2.30. The number of aliphatic hydroxyl groups excluding tert-OH is 1. The largest absolute Gasteiger partial charge is 0.394 e. The van der Waals surface area contributed by atoms with E-state index in [4.69, 9.17) is 23.2 Å². The number of carbonyl (C=O) groups is 1. The first-order valence-electron chi connectivity index (χ1n) is 9.19. The first-order valence-corrected chi connectivity index (χ1v) is 9.95. The number of carbonyl (C=O) groups excluding carboxylic acids is 1. The van der Waals surface area contributed by atoms with Crippen molar-refractivity contribution in [3.05, 3.63) is 51.3 Å². The van der Waals surface area contributed by atoms with Crippen LogP contribution in [0.5, 0.6) is 0 Å². The van der Waals surface area contributed by atoms with Gasteiger partial charge in [0.2, 0.25) is 5.95 Å². The van der Waals surface area contributed by atoms with E-state index in [0.717, 1.165) is 5.56 Å². The van der Waals surface area contributed by atoms with Crippen LogP contribution >= 0.6 is 23.2 Å². The summed E-state index contributed by atoms with van der Waals surface area (Å²) in [5.41, 5.74) is 2.32. The summed E-state index contributed by atoms with van der Waals surface area (Å²) in [6.07, 6.45) is 2.31. The Labute approximate surface area is 178 Å². The summed E-state index contributed by atoms with van der Waals surface area (Å²) in [4.78, 5) is 23.0. The molecular weight excluding hydrogens is 420 g/mol. The minimum absolute atomic E-state index is 0.286. The molecule has 10 heteroatoms. The molecule has 0 spiro atoms. The number of benzene rings is 1. The van der Waals surface area contributed by atoms with Crippen molar-refractivity contribution in [2.24, 2.45) is 0 Å². The third kappa shape index (κ3) is 5.26. The molecule has 2 atom stereocenters. The summed E-state index contributed by atoms with van der Waals surface area (Å²) in [6, 6.07) is 3.60. The summed E-state index contributed by atoms with van der Waals surface area (Å²) >= 11 is 12.0. The van der Waals surface area contributed by atoms with Crippen molar-refractivity contribution in [2.75, 3.05) is 25.1 Å². The highest BCUT2D eigenvalue weighted by atomic mass is 35.5. The van der Waals surface area contributed by atoms with Crippen molar-refractivity contribution in [2.45, 2.75) is 32.0 Å². The zero-order chi connectivity index (χ0) is 21.0. The average Bonchev–Trinajstić information content (AvgIpc) is 2.73. The fourth-order valence-corrected chi connectivity index (χ4v) is 3.32. The third-order valence-electron chi connectivity index (χ3n) is 4.67. The maximum absolute atomic E-state index is 12.7. The maximum Gasteiger partial charge on any atom is 0.318 e. The molecule has 0 saturated carbocycles. The number of hydrogen-bond donors (Lipinski definition) is 3. The van der Waals surface area contributed by atoms with E-state index in [9.17, 15) is 14.3 Å². The van der Waals surface area contributed by atoms with E-state index in [2.05, 4.69) is 20.6 Å². The van der Waals surface area contributed by atoms with Crippen LogP contribution in [0.4, 0.5) is 15.1 Å². The second-order valence-electron chi connectivity index (χ2n) is 6.89. The van der Waals surface area contributed by atoms with Gasteiger partial charge in [-0.05, 0) is 36.6 Å².